The molecule has 168 valence electrons. The maximum absolute atomic E-state index is 12.0. The van der Waals surface area contributed by atoms with Gasteiger partial charge in [-0.2, -0.15) is 16.3 Å². The molecule has 3 aromatic rings. The first-order valence-corrected chi connectivity index (χ1v) is 10.7. The number of aromatic nitrogens is 2. The number of hydrogen-bond acceptors (Lipinski definition) is 8. The van der Waals surface area contributed by atoms with Gasteiger partial charge in [0.05, 0.1) is 12.5 Å². The molecule has 32 heavy (non-hydrogen) atoms. The van der Waals surface area contributed by atoms with Gasteiger partial charge < -0.3 is 20.1 Å². The van der Waals surface area contributed by atoms with Crippen LogP contribution < -0.4 is 5.32 Å². The van der Waals surface area contributed by atoms with Gasteiger partial charge in [-0.1, -0.05) is 35.5 Å². The summed E-state index contributed by atoms with van der Waals surface area (Å²) >= 11 is 1.61. The van der Waals surface area contributed by atoms with Crippen LogP contribution in [0.1, 0.15) is 17.4 Å². The van der Waals surface area contributed by atoms with Crippen molar-refractivity contribution in [3.63, 3.8) is 0 Å². The van der Waals surface area contributed by atoms with Crippen molar-refractivity contribution in [2.75, 3.05) is 26.2 Å². The molecule has 0 spiro atoms. The summed E-state index contributed by atoms with van der Waals surface area (Å²) in [5, 5.41) is 25.8. The van der Waals surface area contributed by atoms with Gasteiger partial charge in [-0.15, -0.1) is 0 Å². The third-order valence-electron chi connectivity index (χ3n) is 4.66. The molecule has 1 aromatic carbocycles. The van der Waals surface area contributed by atoms with Crippen LogP contribution in [0.2, 0.25) is 0 Å². The number of aliphatic carboxylic acids is 2. The molecular formula is C21H22N4O6S. The Balaban J connectivity index is 0.000000427. The smallest absolute Gasteiger partial charge is 0.414 e. The van der Waals surface area contributed by atoms with Gasteiger partial charge in [-0.25, -0.2) is 9.59 Å². The Hall–Kier alpha value is -3.57. The van der Waals surface area contributed by atoms with Crippen molar-refractivity contribution in [2.45, 2.75) is 12.3 Å². The molecule has 1 aliphatic heterocycles. The van der Waals surface area contributed by atoms with Crippen LogP contribution in [0.15, 0.2) is 51.7 Å². The summed E-state index contributed by atoms with van der Waals surface area (Å²) in [6.07, 6.45) is 0.850. The highest BCUT2D eigenvalue weighted by Crippen LogP contribution is 2.27. The van der Waals surface area contributed by atoms with Crippen LogP contribution in [0.3, 0.4) is 0 Å². The third kappa shape index (κ3) is 6.72. The zero-order valence-electron chi connectivity index (χ0n) is 17.0. The number of carbonyl (C=O) groups is 3. The molecule has 0 unspecified atom stereocenters. The largest absolute Gasteiger partial charge is 0.473 e. The first-order chi connectivity index (χ1) is 15.4. The standard InChI is InChI=1S/C19H20N4O2S.C2H2O4/c24-17(20-8-6-14-4-2-1-3-5-14)12-23-10-16(11-23)19-21-18(22-25-19)15-7-9-26-13-15;3-1(4)2(5)6/h1-5,7,9,13,16H,6,8,10-12H2,(H,20,24);(H,3,4)(H,5,6). The molecule has 2 aromatic heterocycles. The van der Waals surface area contributed by atoms with E-state index in [2.05, 4.69) is 32.5 Å². The lowest BCUT2D eigenvalue weighted by Crippen LogP contribution is -2.49. The van der Waals surface area contributed by atoms with Gasteiger partial charge in [0.1, 0.15) is 0 Å². The fourth-order valence-electron chi connectivity index (χ4n) is 3.02. The zero-order valence-corrected chi connectivity index (χ0v) is 17.8. The number of nitrogens with one attached hydrogen (secondary N) is 1. The minimum Gasteiger partial charge on any atom is -0.473 e. The second-order valence-electron chi connectivity index (χ2n) is 7.06. The highest BCUT2D eigenvalue weighted by Gasteiger charge is 2.33. The maximum atomic E-state index is 12.0. The van der Waals surface area contributed by atoms with Gasteiger partial charge in [-0.3, -0.25) is 9.69 Å². The summed E-state index contributed by atoms with van der Waals surface area (Å²) in [5.41, 5.74) is 2.22. The summed E-state index contributed by atoms with van der Waals surface area (Å²) < 4.78 is 5.38. The lowest BCUT2D eigenvalue weighted by molar-refractivity contribution is -0.159. The Labute approximate surface area is 187 Å². The van der Waals surface area contributed by atoms with E-state index in [1.165, 1.54) is 5.56 Å². The quantitative estimate of drug-likeness (QED) is 0.450. The van der Waals surface area contributed by atoms with Gasteiger partial charge in [0.2, 0.25) is 17.6 Å². The Morgan fingerprint density at radius 1 is 1.12 bits per heavy atom. The Morgan fingerprint density at radius 2 is 1.84 bits per heavy atom. The van der Waals surface area contributed by atoms with Crippen molar-refractivity contribution in [1.82, 2.24) is 20.4 Å². The first-order valence-electron chi connectivity index (χ1n) is 9.77. The lowest BCUT2D eigenvalue weighted by atomic mass is 10.0. The van der Waals surface area contributed by atoms with E-state index in [9.17, 15) is 4.79 Å². The number of likely N-dealkylation sites (tertiary alicyclic amines) is 1. The number of carboxylic acids is 2. The number of nitrogens with zero attached hydrogens (tertiary/aromatic N) is 3. The summed E-state index contributed by atoms with van der Waals surface area (Å²) in [6.45, 7) is 2.62. The average Bonchev–Trinajstić information content (AvgIpc) is 3.43. The summed E-state index contributed by atoms with van der Waals surface area (Å²) in [5.74, 6) is -2.08. The number of thiophene rings is 1. The van der Waals surface area contributed by atoms with E-state index >= 15 is 0 Å². The molecule has 1 fully saturated rings. The topological polar surface area (TPSA) is 146 Å². The highest BCUT2D eigenvalue weighted by atomic mass is 32.1. The van der Waals surface area contributed by atoms with Crippen molar-refractivity contribution in [1.29, 1.82) is 0 Å². The molecule has 0 atom stereocenters. The molecule has 11 heteroatoms. The Bertz CT molecular complexity index is 1020. The van der Waals surface area contributed by atoms with Crippen LogP contribution >= 0.6 is 11.3 Å². The Morgan fingerprint density at radius 3 is 2.47 bits per heavy atom. The van der Waals surface area contributed by atoms with E-state index in [0.717, 1.165) is 25.1 Å². The minimum absolute atomic E-state index is 0.0591. The first kappa shape index (κ1) is 23.1. The molecule has 0 bridgehead atoms. The Kier molecular flexibility index (Phi) is 8.06. The molecule has 3 N–H and O–H groups in total. The number of hydrogen-bond donors (Lipinski definition) is 3. The van der Waals surface area contributed by atoms with E-state index in [4.69, 9.17) is 24.3 Å². The number of carbonyl (C=O) groups excluding carboxylic acids is 1. The minimum atomic E-state index is -1.82. The molecule has 0 radical (unpaired) electrons. The van der Waals surface area contributed by atoms with E-state index in [0.29, 0.717) is 24.8 Å². The van der Waals surface area contributed by atoms with Gasteiger partial charge >= 0.3 is 11.9 Å². The van der Waals surface area contributed by atoms with Crippen molar-refractivity contribution in [3.05, 3.63) is 58.6 Å². The van der Waals surface area contributed by atoms with Crippen LogP contribution in [0.4, 0.5) is 0 Å². The van der Waals surface area contributed by atoms with Gasteiger partial charge in [0.15, 0.2) is 0 Å². The monoisotopic (exact) mass is 458 g/mol. The van der Waals surface area contributed by atoms with Gasteiger partial charge in [-0.05, 0) is 23.4 Å². The van der Waals surface area contributed by atoms with Crippen molar-refractivity contribution >= 4 is 29.2 Å². The molecule has 1 amide bonds. The van der Waals surface area contributed by atoms with E-state index in [-0.39, 0.29) is 11.8 Å². The molecule has 10 nitrogen and oxygen atoms in total. The summed E-state index contributed by atoms with van der Waals surface area (Å²) in [6, 6.07) is 12.1. The highest BCUT2D eigenvalue weighted by molar-refractivity contribution is 7.08. The second-order valence-corrected chi connectivity index (χ2v) is 7.84. The van der Waals surface area contributed by atoms with Crippen molar-refractivity contribution in [3.8, 4) is 11.4 Å². The van der Waals surface area contributed by atoms with Crippen molar-refractivity contribution < 1.29 is 29.1 Å². The van der Waals surface area contributed by atoms with Crippen molar-refractivity contribution in [2.24, 2.45) is 0 Å². The number of rotatable bonds is 7. The predicted octanol–water partition coefficient (Wildman–Crippen LogP) is 1.71. The lowest BCUT2D eigenvalue weighted by Gasteiger charge is -2.36. The van der Waals surface area contributed by atoms with Crippen LogP contribution in [-0.4, -0.2) is 69.3 Å². The molecule has 3 heterocycles. The SMILES string of the molecule is O=C(CN1CC(c2nc(-c3ccsc3)no2)C1)NCCc1ccccc1.O=C(O)C(=O)O. The number of amides is 1. The molecule has 1 saturated heterocycles. The fraction of sp³-hybridized carbons (Fsp3) is 0.286. The van der Waals surface area contributed by atoms with E-state index in [1.54, 1.807) is 11.3 Å². The molecule has 0 saturated carbocycles. The van der Waals surface area contributed by atoms with E-state index in [1.807, 2.05) is 35.0 Å². The summed E-state index contributed by atoms with van der Waals surface area (Å²) in [4.78, 5) is 36.8. The molecule has 0 aliphatic carbocycles. The average molecular weight is 458 g/mol. The molecular weight excluding hydrogens is 436 g/mol. The van der Waals surface area contributed by atoms with Crippen LogP contribution in [0.25, 0.3) is 11.4 Å². The zero-order chi connectivity index (χ0) is 22.9. The molecule has 1 aliphatic rings. The molecule has 4 rings (SSSR count). The number of carboxylic acid groups (broad SMARTS) is 2. The van der Waals surface area contributed by atoms with Crippen LogP contribution in [0, 0.1) is 0 Å². The maximum Gasteiger partial charge on any atom is 0.414 e. The van der Waals surface area contributed by atoms with Gasteiger partial charge in [0, 0.05) is 30.6 Å². The second kappa shape index (κ2) is 11.2. The normalized spacial score (nSPS) is 13.5. The third-order valence-corrected chi connectivity index (χ3v) is 5.34. The van der Waals surface area contributed by atoms with E-state index < -0.39 is 11.9 Å². The van der Waals surface area contributed by atoms with Crippen LogP contribution in [0.5, 0.6) is 0 Å². The number of benzene rings is 1. The predicted molar refractivity (Wildman–Crippen MR) is 115 cm³/mol. The van der Waals surface area contributed by atoms with Gasteiger partial charge in [0.25, 0.3) is 0 Å². The summed E-state index contributed by atoms with van der Waals surface area (Å²) in [7, 11) is 0. The van der Waals surface area contributed by atoms with Crippen LogP contribution in [-0.2, 0) is 20.8 Å². The fourth-order valence-corrected chi connectivity index (χ4v) is 3.65.